The van der Waals surface area contributed by atoms with Gasteiger partial charge >= 0.3 is 0 Å². The van der Waals surface area contributed by atoms with Gasteiger partial charge in [0.15, 0.2) is 0 Å². The van der Waals surface area contributed by atoms with Crippen LogP contribution in [0.1, 0.15) is 20.8 Å². The van der Waals surface area contributed by atoms with Crippen molar-refractivity contribution in [1.82, 2.24) is 0 Å². The van der Waals surface area contributed by atoms with Crippen molar-refractivity contribution in [3.63, 3.8) is 0 Å². The van der Waals surface area contributed by atoms with Crippen LogP contribution in [0, 0.1) is 5.92 Å². The van der Waals surface area contributed by atoms with E-state index in [1.807, 2.05) is 6.92 Å². The maximum Gasteiger partial charge on any atom is 0.0719 e. The molecule has 2 heteroatoms. The highest BCUT2D eigenvalue weighted by Crippen LogP contribution is 2.03. The second-order valence-corrected chi connectivity index (χ2v) is 2.47. The summed E-state index contributed by atoms with van der Waals surface area (Å²) in [7, 11) is 0. The number of rotatable bonds is 4. The summed E-state index contributed by atoms with van der Waals surface area (Å²) >= 11 is 0. The molecule has 0 bridgehead atoms. The lowest BCUT2D eigenvalue weighted by Crippen LogP contribution is -2.28. The van der Waals surface area contributed by atoms with E-state index in [0.717, 1.165) is 6.61 Å². The number of nitrogens with two attached hydrogens (primary N) is 1. The fourth-order valence-electron chi connectivity index (χ4n) is 0.747. The van der Waals surface area contributed by atoms with Gasteiger partial charge in [-0.25, -0.2) is 0 Å². The van der Waals surface area contributed by atoms with E-state index in [0.29, 0.717) is 12.5 Å². The van der Waals surface area contributed by atoms with Crippen LogP contribution >= 0.6 is 0 Å². The van der Waals surface area contributed by atoms with E-state index in [1.54, 1.807) is 0 Å². The van der Waals surface area contributed by atoms with E-state index in [-0.39, 0.29) is 6.10 Å². The van der Waals surface area contributed by atoms with Gasteiger partial charge in [0.25, 0.3) is 0 Å². The molecule has 0 saturated heterocycles. The fraction of sp³-hybridized carbons (Fsp3) is 1.00. The number of hydrogen-bond donors (Lipinski definition) is 1. The zero-order valence-electron chi connectivity index (χ0n) is 6.55. The third-order valence-corrected chi connectivity index (χ3v) is 1.36. The van der Waals surface area contributed by atoms with Crippen LogP contribution in [0.4, 0.5) is 0 Å². The Morgan fingerprint density at radius 2 is 2.00 bits per heavy atom. The van der Waals surface area contributed by atoms with Crippen LogP contribution in [-0.4, -0.2) is 19.3 Å². The normalized spacial score (nSPS) is 14.3. The van der Waals surface area contributed by atoms with E-state index in [9.17, 15) is 0 Å². The average molecular weight is 131 g/mol. The molecule has 1 unspecified atom stereocenters. The van der Waals surface area contributed by atoms with Gasteiger partial charge in [0.1, 0.15) is 0 Å². The molecule has 1 atom stereocenters. The minimum Gasteiger partial charge on any atom is -0.377 e. The van der Waals surface area contributed by atoms with Crippen LogP contribution in [0.2, 0.25) is 0 Å². The van der Waals surface area contributed by atoms with Gasteiger partial charge in [-0.1, -0.05) is 13.8 Å². The fourth-order valence-corrected chi connectivity index (χ4v) is 0.747. The molecule has 0 rings (SSSR count). The van der Waals surface area contributed by atoms with Crippen molar-refractivity contribution >= 4 is 0 Å². The molecule has 0 fully saturated rings. The van der Waals surface area contributed by atoms with Crippen molar-refractivity contribution in [2.24, 2.45) is 11.7 Å². The Hall–Kier alpha value is -0.0800. The summed E-state index contributed by atoms with van der Waals surface area (Å²) in [6, 6.07) is 0. The molecule has 56 valence electrons. The van der Waals surface area contributed by atoms with Crippen LogP contribution in [0.5, 0.6) is 0 Å². The Kier molecular flexibility index (Phi) is 4.72. The van der Waals surface area contributed by atoms with Crippen LogP contribution in [0.15, 0.2) is 0 Å². The summed E-state index contributed by atoms with van der Waals surface area (Å²) in [4.78, 5) is 0. The average Bonchev–Trinajstić information content (AvgIpc) is 1.82. The highest BCUT2D eigenvalue weighted by molar-refractivity contribution is 4.61. The first-order chi connectivity index (χ1) is 4.22. The van der Waals surface area contributed by atoms with E-state index in [1.165, 1.54) is 0 Å². The molecule has 2 nitrogen and oxygen atoms in total. The lowest BCUT2D eigenvalue weighted by atomic mass is 10.1. The van der Waals surface area contributed by atoms with Gasteiger partial charge in [0, 0.05) is 13.2 Å². The Morgan fingerprint density at radius 3 is 2.11 bits per heavy atom. The third-order valence-electron chi connectivity index (χ3n) is 1.36. The second kappa shape index (κ2) is 4.77. The van der Waals surface area contributed by atoms with Crippen LogP contribution in [0.3, 0.4) is 0 Å². The zero-order valence-corrected chi connectivity index (χ0v) is 6.55. The van der Waals surface area contributed by atoms with Gasteiger partial charge in [-0.05, 0) is 12.8 Å². The topological polar surface area (TPSA) is 35.2 Å². The highest BCUT2D eigenvalue weighted by atomic mass is 16.5. The molecule has 0 amide bonds. The molecule has 9 heavy (non-hydrogen) atoms. The standard InChI is InChI=1S/C7H17NO/c1-4-9-7(5-8)6(2)3/h6-7H,4-5,8H2,1-3H3. The molecule has 0 aromatic rings. The molecule has 0 aliphatic heterocycles. The Morgan fingerprint density at radius 1 is 1.44 bits per heavy atom. The lowest BCUT2D eigenvalue weighted by Gasteiger charge is -2.17. The maximum absolute atomic E-state index is 5.43. The smallest absolute Gasteiger partial charge is 0.0719 e. The van der Waals surface area contributed by atoms with Gasteiger partial charge in [-0.2, -0.15) is 0 Å². The summed E-state index contributed by atoms with van der Waals surface area (Å²) < 4.78 is 5.33. The molecular formula is C7H17NO. The first kappa shape index (κ1) is 8.92. The van der Waals surface area contributed by atoms with Crippen LogP contribution in [0.25, 0.3) is 0 Å². The summed E-state index contributed by atoms with van der Waals surface area (Å²) in [5, 5.41) is 0. The molecule has 0 spiro atoms. The molecule has 0 aromatic carbocycles. The van der Waals surface area contributed by atoms with Crippen molar-refractivity contribution in [2.45, 2.75) is 26.9 Å². The maximum atomic E-state index is 5.43. The van der Waals surface area contributed by atoms with Gasteiger partial charge < -0.3 is 10.5 Å². The quantitative estimate of drug-likeness (QED) is 0.618. The van der Waals surface area contributed by atoms with Crippen molar-refractivity contribution < 1.29 is 4.74 Å². The van der Waals surface area contributed by atoms with Crippen molar-refractivity contribution in [3.05, 3.63) is 0 Å². The van der Waals surface area contributed by atoms with E-state index >= 15 is 0 Å². The lowest BCUT2D eigenvalue weighted by molar-refractivity contribution is 0.0371. The van der Waals surface area contributed by atoms with E-state index < -0.39 is 0 Å². The molecule has 0 radical (unpaired) electrons. The van der Waals surface area contributed by atoms with Crippen LogP contribution < -0.4 is 5.73 Å². The first-order valence-corrected chi connectivity index (χ1v) is 3.54. The second-order valence-electron chi connectivity index (χ2n) is 2.47. The summed E-state index contributed by atoms with van der Waals surface area (Å²) in [5.41, 5.74) is 5.43. The Bertz CT molecular complexity index is 63.9. The number of hydrogen-bond acceptors (Lipinski definition) is 2. The molecule has 0 saturated carbocycles. The van der Waals surface area contributed by atoms with Gasteiger partial charge in [-0.15, -0.1) is 0 Å². The minimum absolute atomic E-state index is 0.245. The van der Waals surface area contributed by atoms with Gasteiger partial charge in [0.2, 0.25) is 0 Å². The summed E-state index contributed by atoms with van der Waals surface area (Å²) in [6.45, 7) is 7.62. The van der Waals surface area contributed by atoms with Gasteiger partial charge in [0.05, 0.1) is 6.10 Å². The highest BCUT2D eigenvalue weighted by Gasteiger charge is 2.09. The Balaban J connectivity index is 3.41. The third kappa shape index (κ3) is 3.49. The van der Waals surface area contributed by atoms with Crippen molar-refractivity contribution in [3.8, 4) is 0 Å². The van der Waals surface area contributed by atoms with Crippen LogP contribution in [-0.2, 0) is 4.74 Å². The molecule has 0 aliphatic carbocycles. The van der Waals surface area contributed by atoms with E-state index in [2.05, 4.69) is 13.8 Å². The molecular weight excluding hydrogens is 114 g/mol. The molecule has 0 aliphatic rings. The van der Waals surface area contributed by atoms with Gasteiger partial charge in [-0.3, -0.25) is 0 Å². The predicted molar refractivity (Wildman–Crippen MR) is 39.3 cm³/mol. The SMILES string of the molecule is CCOC(CN)C(C)C. The number of ether oxygens (including phenoxy) is 1. The summed E-state index contributed by atoms with van der Waals surface area (Å²) in [5.74, 6) is 0.537. The van der Waals surface area contributed by atoms with E-state index in [4.69, 9.17) is 10.5 Å². The molecule has 0 aromatic heterocycles. The largest absolute Gasteiger partial charge is 0.377 e. The Labute approximate surface area is 57.4 Å². The minimum atomic E-state index is 0.245. The monoisotopic (exact) mass is 131 g/mol. The van der Waals surface area contributed by atoms with Crippen molar-refractivity contribution in [1.29, 1.82) is 0 Å². The predicted octanol–water partition coefficient (Wildman–Crippen LogP) is 1.01. The first-order valence-electron chi connectivity index (χ1n) is 3.54. The molecule has 2 N–H and O–H groups in total. The van der Waals surface area contributed by atoms with Crippen molar-refractivity contribution in [2.75, 3.05) is 13.2 Å². The summed E-state index contributed by atoms with van der Waals surface area (Å²) in [6.07, 6.45) is 0.245. The molecule has 0 heterocycles. The zero-order chi connectivity index (χ0) is 7.28.